The van der Waals surface area contributed by atoms with Crippen molar-refractivity contribution in [3.8, 4) is 5.75 Å². The molecule has 0 aliphatic heterocycles. The Morgan fingerprint density at radius 1 is 1.09 bits per heavy atom. The predicted octanol–water partition coefficient (Wildman–Crippen LogP) is 4.75. The molecule has 0 saturated heterocycles. The van der Waals surface area contributed by atoms with Crippen molar-refractivity contribution < 1.29 is 9.90 Å². The molecule has 1 aliphatic carbocycles. The molecule has 22 heavy (non-hydrogen) atoms. The van der Waals surface area contributed by atoms with E-state index in [1.165, 1.54) is 44.1 Å². The summed E-state index contributed by atoms with van der Waals surface area (Å²) in [6.07, 6.45) is 8.56. The van der Waals surface area contributed by atoms with Crippen molar-refractivity contribution in [1.82, 2.24) is 5.32 Å². The molecule has 1 saturated carbocycles. The Balaban J connectivity index is 0.00000220. The Labute approximate surface area is 140 Å². The van der Waals surface area contributed by atoms with Crippen LogP contribution in [0.5, 0.6) is 5.75 Å². The predicted molar refractivity (Wildman–Crippen MR) is 91.7 cm³/mol. The van der Waals surface area contributed by atoms with Gasteiger partial charge in [0.15, 0.2) is 0 Å². The van der Waals surface area contributed by atoms with E-state index < -0.39 is 0 Å². The van der Waals surface area contributed by atoms with E-state index in [9.17, 15) is 9.90 Å². The maximum atomic E-state index is 12.1. The van der Waals surface area contributed by atoms with Crippen LogP contribution in [0.3, 0.4) is 0 Å². The number of nitrogens with one attached hydrogen (secondary N) is 1. The van der Waals surface area contributed by atoms with Crippen LogP contribution in [0.15, 0.2) is 18.2 Å². The van der Waals surface area contributed by atoms with Crippen molar-refractivity contribution in [3.05, 3.63) is 49.6 Å². The second-order valence-electron chi connectivity index (χ2n) is 5.34. The molecule has 3 nitrogen and oxygen atoms in total. The Bertz CT molecular complexity index is 454. The summed E-state index contributed by atoms with van der Waals surface area (Å²) in [7, 11) is 0. The van der Waals surface area contributed by atoms with Crippen LogP contribution in [0.25, 0.3) is 0 Å². The molecular weight excluding hydrogens is 298 g/mol. The quantitative estimate of drug-likeness (QED) is 0.843. The van der Waals surface area contributed by atoms with Crippen LogP contribution in [0.4, 0.5) is 0 Å². The highest BCUT2D eigenvalue weighted by molar-refractivity contribution is 6.35. The van der Waals surface area contributed by atoms with Gasteiger partial charge in [0.05, 0.1) is 10.6 Å². The number of hydrogen-bond donors (Lipinski definition) is 2. The SMILES string of the molecule is O=C(NC[C]1CCCCCCC1)c1cccc(O)c1Cl.[CH2].[CH2]. The lowest BCUT2D eigenvalue weighted by atomic mass is 9.91. The number of phenols is 1. The number of amides is 1. The Hall–Kier alpha value is -1.22. The molecule has 2 rings (SSSR count). The van der Waals surface area contributed by atoms with Crippen LogP contribution in [-0.2, 0) is 0 Å². The summed E-state index contributed by atoms with van der Waals surface area (Å²) in [6.45, 7) is 0.616. The Morgan fingerprint density at radius 2 is 1.68 bits per heavy atom. The summed E-state index contributed by atoms with van der Waals surface area (Å²) >= 11 is 5.94. The van der Waals surface area contributed by atoms with Gasteiger partial charge in [-0.2, -0.15) is 0 Å². The molecule has 5 radical (unpaired) electrons. The average molecular weight is 323 g/mol. The number of rotatable bonds is 3. The highest BCUT2D eigenvalue weighted by Crippen LogP contribution is 2.27. The average Bonchev–Trinajstić information content (AvgIpc) is 2.40. The van der Waals surface area contributed by atoms with E-state index in [-0.39, 0.29) is 31.5 Å². The van der Waals surface area contributed by atoms with Crippen molar-refractivity contribution in [2.45, 2.75) is 44.9 Å². The summed E-state index contributed by atoms with van der Waals surface area (Å²) < 4.78 is 0. The third kappa shape index (κ3) is 5.88. The third-order valence-corrected chi connectivity index (χ3v) is 4.18. The van der Waals surface area contributed by atoms with Gasteiger partial charge >= 0.3 is 0 Å². The Morgan fingerprint density at radius 3 is 2.32 bits per heavy atom. The zero-order valence-electron chi connectivity index (χ0n) is 13.0. The number of carbonyl (C=O) groups is 1. The van der Waals surface area contributed by atoms with Crippen molar-refractivity contribution in [2.75, 3.05) is 6.54 Å². The highest BCUT2D eigenvalue weighted by atomic mass is 35.5. The zero-order valence-corrected chi connectivity index (χ0v) is 13.8. The van der Waals surface area contributed by atoms with Crippen molar-refractivity contribution in [1.29, 1.82) is 0 Å². The normalized spacial score (nSPS) is 15.7. The third-order valence-electron chi connectivity index (χ3n) is 3.78. The molecule has 2 N–H and O–H groups in total. The first-order valence-electron chi connectivity index (χ1n) is 7.27. The first-order valence-corrected chi connectivity index (χ1v) is 7.65. The fraction of sp³-hybridized carbons (Fsp3) is 0.444. The first-order chi connectivity index (χ1) is 9.68. The first kappa shape index (κ1) is 20.8. The van der Waals surface area contributed by atoms with Gasteiger partial charge in [-0.1, -0.05) is 64.6 Å². The van der Waals surface area contributed by atoms with Crippen molar-refractivity contribution in [2.24, 2.45) is 0 Å². The largest absolute Gasteiger partial charge is 0.506 e. The second kappa shape index (κ2) is 10.5. The number of hydrogen-bond acceptors (Lipinski definition) is 2. The monoisotopic (exact) mass is 322 g/mol. The number of benzene rings is 1. The van der Waals surface area contributed by atoms with E-state index >= 15 is 0 Å². The molecule has 1 aromatic carbocycles. The zero-order chi connectivity index (χ0) is 14.4. The van der Waals surface area contributed by atoms with E-state index in [4.69, 9.17) is 11.6 Å². The molecule has 0 spiro atoms. The number of carbonyl (C=O) groups excluding carboxylic acids is 1. The number of halogens is 1. The van der Waals surface area contributed by atoms with Gasteiger partial charge < -0.3 is 10.4 Å². The van der Waals surface area contributed by atoms with Gasteiger partial charge in [0, 0.05) is 6.54 Å². The molecule has 0 bridgehead atoms. The molecule has 4 heteroatoms. The topological polar surface area (TPSA) is 49.3 Å². The molecule has 0 unspecified atom stereocenters. The molecule has 1 amide bonds. The molecule has 1 fully saturated rings. The van der Waals surface area contributed by atoms with Crippen LogP contribution in [0, 0.1) is 20.8 Å². The summed E-state index contributed by atoms with van der Waals surface area (Å²) in [5.41, 5.74) is 0.332. The van der Waals surface area contributed by atoms with Gasteiger partial charge in [0.25, 0.3) is 5.91 Å². The number of aromatic hydroxyl groups is 1. The van der Waals surface area contributed by atoms with Crippen LogP contribution < -0.4 is 5.32 Å². The summed E-state index contributed by atoms with van der Waals surface area (Å²) in [5, 5.41) is 12.5. The maximum absolute atomic E-state index is 12.1. The second-order valence-corrected chi connectivity index (χ2v) is 5.72. The summed E-state index contributed by atoms with van der Waals surface area (Å²) in [6, 6.07) is 4.72. The lowest BCUT2D eigenvalue weighted by Crippen LogP contribution is -2.29. The number of phenolic OH excluding ortho intramolecular Hbond substituents is 1. The standard InChI is InChI=1S/C16H21ClNO2.2CH2/c17-15-13(9-6-10-14(15)19)16(20)18-11-12-7-4-2-1-3-5-8-12;;/h6,9-10,19H,1-5,7-8,11H2,(H,18,20);2*1H2. The highest BCUT2D eigenvalue weighted by Gasteiger charge is 2.16. The van der Waals surface area contributed by atoms with Crippen molar-refractivity contribution in [3.63, 3.8) is 0 Å². The van der Waals surface area contributed by atoms with E-state index in [2.05, 4.69) is 5.32 Å². The van der Waals surface area contributed by atoms with Gasteiger partial charge in [-0.15, -0.1) is 0 Å². The van der Waals surface area contributed by atoms with Gasteiger partial charge in [0.1, 0.15) is 5.75 Å². The van der Waals surface area contributed by atoms with Crippen LogP contribution in [-0.4, -0.2) is 17.6 Å². The molecular formula is C18H25ClNO2. The lowest BCUT2D eigenvalue weighted by Gasteiger charge is -2.19. The minimum Gasteiger partial charge on any atom is -0.506 e. The maximum Gasteiger partial charge on any atom is 0.252 e. The minimum absolute atomic E-state index is 0. The van der Waals surface area contributed by atoms with E-state index in [0.717, 1.165) is 12.8 Å². The van der Waals surface area contributed by atoms with E-state index in [0.29, 0.717) is 12.1 Å². The fourth-order valence-electron chi connectivity index (χ4n) is 2.58. The molecule has 121 valence electrons. The van der Waals surface area contributed by atoms with E-state index in [1.54, 1.807) is 12.1 Å². The molecule has 0 aromatic heterocycles. The lowest BCUT2D eigenvalue weighted by molar-refractivity contribution is 0.0953. The Kier molecular flexibility index (Phi) is 9.91. The minimum atomic E-state index is -0.222. The molecule has 0 atom stereocenters. The molecule has 1 aliphatic rings. The smallest absolute Gasteiger partial charge is 0.252 e. The van der Waals surface area contributed by atoms with Gasteiger partial charge in [-0.05, 0) is 30.9 Å². The summed E-state index contributed by atoms with van der Waals surface area (Å²) in [4.78, 5) is 12.1. The molecule has 1 aromatic rings. The van der Waals surface area contributed by atoms with E-state index in [1.807, 2.05) is 0 Å². The van der Waals surface area contributed by atoms with Gasteiger partial charge in [-0.3, -0.25) is 4.79 Å². The summed E-state index contributed by atoms with van der Waals surface area (Å²) in [5.74, 6) is 1.13. The molecule has 0 heterocycles. The fourth-order valence-corrected chi connectivity index (χ4v) is 2.79. The van der Waals surface area contributed by atoms with Crippen LogP contribution in [0.2, 0.25) is 5.02 Å². The van der Waals surface area contributed by atoms with Gasteiger partial charge in [0.2, 0.25) is 0 Å². The van der Waals surface area contributed by atoms with Gasteiger partial charge in [-0.25, -0.2) is 0 Å². The van der Waals surface area contributed by atoms with Crippen molar-refractivity contribution >= 4 is 17.5 Å². The van der Waals surface area contributed by atoms with Crippen LogP contribution >= 0.6 is 11.6 Å². The van der Waals surface area contributed by atoms with Crippen LogP contribution in [0.1, 0.15) is 55.3 Å².